The first kappa shape index (κ1) is 12.3. The third-order valence-corrected chi connectivity index (χ3v) is 5.15. The second-order valence-electron chi connectivity index (χ2n) is 4.28. The van der Waals surface area contributed by atoms with E-state index in [0.29, 0.717) is 6.04 Å². The number of hydrogen-bond acceptors (Lipinski definition) is 3. The number of aliphatic hydroxyl groups excluding tert-OH is 1. The van der Waals surface area contributed by atoms with E-state index < -0.39 is 0 Å². The maximum atomic E-state index is 9.38. The number of thioether (sulfide) groups is 1. The highest BCUT2D eigenvalue weighted by Crippen LogP contribution is 2.45. The highest BCUT2D eigenvalue weighted by atomic mass is 79.9. The zero-order chi connectivity index (χ0) is 11.9. The summed E-state index contributed by atoms with van der Waals surface area (Å²) in [5.41, 5.74) is 2.49. The molecule has 88 valence electrons. The predicted molar refractivity (Wildman–Crippen MR) is 73.5 cm³/mol. The largest absolute Gasteiger partial charge is 0.395 e. The van der Waals surface area contributed by atoms with Crippen molar-refractivity contribution in [1.82, 2.24) is 0 Å². The maximum absolute atomic E-state index is 9.38. The monoisotopic (exact) mass is 301 g/mol. The van der Waals surface area contributed by atoms with Gasteiger partial charge in [-0.2, -0.15) is 0 Å². The third kappa shape index (κ3) is 1.98. The average Bonchev–Trinajstić information content (AvgIpc) is 2.22. The van der Waals surface area contributed by atoms with Gasteiger partial charge in [-0.1, -0.05) is 0 Å². The van der Waals surface area contributed by atoms with E-state index >= 15 is 0 Å². The van der Waals surface area contributed by atoms with Crippen LogP contribution in [-0.2, 0) is 0 Å². The van der Waals surface area contributed by atoms with Crippen molar-refractivity contribution in [3.8, 4) is 0 Å². The topological polar surface area (TPSA) is 23.5 Å². The van der Waals surface area contributed by atoms with Crippen LogP contribution in [0.1, 0.15) is 12.5 Å². The van der Waals surface area contributed by atoms with Gasteiger partial charge in [0.25, 0.3) is 0 Å². The molecule has 16 heavy (non-hydrogen) atoms. The summed E-state index contributed by atoms with van der Waals surface area (Å²) in [4.78, 5) is 3.50. The molecule has 2 nitrogen and oxygen atoms in total. The van der Waals surface area contributed by atoms with Crippen molar-refractivity contribution in [3.05, 3.63) is 22.2 Å². The number of aliphatic hydroxyl groups is 1. The first-order chi connectivity index (χ1) is 7.54. The molecule has 1 aliphatic heterocycles. The van der Waals surface area contributed by atoms with Crippen molar-refractivity contribution in [2.45, 2.75) is 30.0 Å². The van der Waals surface area contributed by atoms with E-state index in [9.17, 15) is 5.11 Å². The van der Waals surface area contributed by atoms with Gasteiger partial charge in [-0.3, -0.25) is 0 Å². The van der Waals surface area contributed by atoms with Crippen LogP contribution in [0.4, 0.5) is 5.69 Å². The van der Waals surface area contributed by atoms with Crippen LogP contribution in [0, 0.1) is 6.92 Å². The zero-order valence-electron chi connectivity index (χ0n) is 9.70. The lowest BCUT2D eigenvalue weighted by Gasteiger charge is -2.39. The Labute approximate surface area is 109 Å². The summed E-state index contributed by atoms with van der Waals surface area (Å²) in [7, 11) is 2.09. The predicted octanol–water partition coefficient (Wildman–Crippen LogP) is 3.05. The Balaban J connectivity index is 2.50. The van der Waals surface area contributed by atoms with Crippen molar-refractivity contribution < 1.29 is 5.11 Å². The van der Waals surface area contributed by atoms with Crippen LogP contribution < -0.4 is 4.90 Å². The Morgan fingerprint density at radius 3 is 2.81 bits per heavy atom. The molecule has 2 unspecified atom stereocenters. The Morgan fingerprint density at radius 1 is 1.50 bits per heavy atom. The molecule has 1 heterocycles. The number of benzene rings is 1. The number of rotatable bonds is 1. The fraction of sp³-hybridized carbons (Fsp3) is 0.500. The van der Waals surface area contributed by atoms with Gasteiger partial charge >= 0.3 is 0 Å². The summed E-state index contributed by atoms with van der Waals surface area (Å²) in [6.07, 6.45) is 0. The number of hydrogen-bond donors (Lipinski definition) is 1. The molecule has 0 aliphatic carbocycles. The number of aryl methyl sites for hydroxylation is 1. The molecule has 0 amide bonds. The van der Waals surface area contributed by atoms with E-state index in [1.807, 2.05) is 0 Å². The lowest BCUT2D eigenvalue weighted by Crippen LogP contribution is -2.42. The molecule has 0 saturated carbocycles. The molecule has 1 aromatic carbocycles. The molecule has 0 spiro atoms. The first-order valence-corrected chi connectivity index (χ1v) is 7.02. The van der Waals surface area contributed by atoms with E-state index in [1.54, 1.807) is 11.8 Å². The van der Waals surface area contributed by atoms with Crippen molar-refractivity contribution in [2.75, 3.05) is 18.6 Å². The minimum absolute atomic E-state index is 0.223. The molecule has 0 radical (unpaired) electrons. The van der Waals surface area contributed by atoms with Crippen molar-refractivity contribution >= 4 is 33.4 Å². The summed E-state index contributed by atoms with van der Waals surface area (Å²) in [5.74, 6) is 0. The van der Waals surface area contributed by atoms with Crippen molar-refractivity contribution in [3.63, 3.8) is 0 Å². The van der Waals surface area contributed by atoms with Crippen LogP contribution in [0.15, 0.2) is 21.5 Å². The van der Waals surface area contributed by atoms with Crippen LogP contribution in [0.2, 0.25) is 0 Å². The molecule has 0 bridgehead atoms. The first-order valence-electron chi connectivity index (χ1n) is 5.35. The van der Waals surface area contributed by atoms with Gasteiger partial charge in [-0.15, -0.1) is 11.8 Å². The quantitative estimate of drug-likeness (QED) is 0.862. The van der Waals surface area contributed by atoms with Gasteiger partial charge in [0.15, 0.2) is 0 Å². The summed E-state index contributed by atoms with van der Waals surface area (Å²) in [5, 5.41) is 9.64. The molecule has 0 fully saturated rings. The summed E-state index contributed by atoms with van der Waals surface area (Å²) >= 11 is 5.40. The zero-order valence-corrected chi connectivity index (χ0v) is 12.1. The smallest absolute Gasteiger partial charge is 0.0649 e. The van der Waals surface area contributed by atoms with Gasteiger partial charge in [0.2, 0.25) is 0 Å². The van der Waals surface area contributed by atoms with E-state index in [4.69, 9.17) is 0 Å². The summed E-state index contributed by atoms with van der Waals surface area (Å²) in [6.45, 7) is 4.47. The number of anilines is 1. The molecule has 2 rings (SSSR count). The Hall–Kier alpha value is -0.190. The summed E-state index contributed by atoms with van der Waals surface area (Å²) < 4.78 is 1.14. The number of fused-ring (bicyclic) bond motifs is 1. The molecular weight excluding hydrogens is 286 g/mol. The molecule has 1 aliphatic rings. The summed E-state index contributed by atoms with van der Waals surface area (Å²) in [6, 6.07) is 4.68. The maximum Gasteiger partial charge on any atom is 0.0649 e. The Bertz CT molecular complexity index is 410. The van der Waals surface area contributed by atoms with Crippen LogP contribution >= 0.6 is 27.7 Å². The van der Waals surface area contributed by atoms with E-state index in [0.717, 1.165) is 4.47 Å². The van der Waals surface area contributed by atoms with Crippen LogP contribution in [0.3, 0.4) is 0 Å². The minimum Gasteiger partial charge on any atom is -0.395 e. The molecule has 1 N–H and O–H groups in total. The SMILES string of the molecule is Cc1cc(Br)c2c(c1)SC(CO)C(C)N2C. The Kier molecular flexibility index (Phi) is 3.52. The van der Waals surface area contributed by atoms with Gasteiger partial charge in [-0.25, -0.2) is 0 Å². The highest BCUT2D eigenvalue weighted by molar-refractivity contribution is 9.10. The van der Waals surface area contributed by atoms with Gasteiger partial charge in [0.05, 0.1) is 17.5 Å². The number of nitrogens with zero attached hydrogens (tertiary/aromatic N) is 1. The normalized spacial score (nSPS) is 24.4. The molecule has 0 saturated heterocycles. The number of halogens is 1. The second kappa shape index (κ2) is 4.59. The van der Waals surface area contributed by atoms with E-state index in [2.05, 4.69) is 53.9 Å². The fourth-order valence-corrected chi connectivity index (χ4v) is 4.42. The lowest BCUT2D eigenvalue weighted by atomic mass is 10.1. The van der Waals surface area contributed by atoms with Crippen molar-refractivity contribution in [2.24, 2.45) is 0 Å². The van der Waals surface area contributed by atoms with Crippen molar-refractivity contribution in [1.29, 1.82) is 0 Å². The third-order valence-electron chi connectivity index (χ3n) is 3.13. The van der Waals surface area contributed by atoms with E-state index in [-0.39, 0.29) is 11.9 Å². The van der Waals surface area contributed by atoms with Crippen LogP contribution in [0.5, 0.6) is 0 Å². The van der Waals surface area contributed by atoms with E-state index in [1.165, 1.54) is 16.1 Å². The average molecular weight is 302 g/mol. The van der Waals surface area contributed by atoms with Gasteiger partial charge in [-0.05, 0) is 47.5 Å². The van der Waals surface area contributed by atoms with Gasteiger partial charge in [0, 0.05) is 22.5 Å². The molecule has 4 heteroatoms. The fourth-order valence-electron chi connectivity index (χ4n) is 2.04. The van der Waals surface area contributed by atoms with Gasteiger partial charge < -0.3 is 10.0 Å². The highest BCUT2D eigenvalue weighted by Gasteiger charge is 2.30. The second-order valence-corrected chi connectivity index (χ2v) is 6.42. The van der Waals surface area contributed by atoms with Crippen LogP contribution in [0.25, 0.3) is 0 Å². The minimum atomic E-state index is 0.223. The van der Waals surface area contributed by atoms with Crippen LogP contribution in [-0.4, -0.2) is 30.1 Å². The van der Waals surface area contributed by atoms with Gasteiger partial charge in [0.1, 0.15) is 0 Å². The Morgan fingerprint density at radius 2 is 2.19 bits per heavy atom. The molecule has 2 atom stereocenters. The molecular formula is C12H16BrNOS. The standard InChI is InChI=1S/C12H16BrNOS/c1-7-4-9(13)12-10(5-7)16-11(6-15)8(2)14(12)3/h4-5,8,11,15H,6H2,1-3H3. The molecule has 1 aromatic rings. The molecule has 0 aromatic heterocycles. The lowest BCUT2D eigenvalue weighted by molar-refractivity contribution is 0.282.